The van der Waals surface area contributed by atoms with Gasteiger partial charge in [-0.05, 0) is 41.7 Å². The average Bonchev–Trinajstić information content (AvgIpc) is 3.27. The van der Waals surface area contributed by atoms with E-state index in [0.29, 0.717) is 11.7 Å². The number of benzene rings is 2. The minimum absolute atomic E-state index is 0.0841. The summed E-state index contributed by atoms with van der Waals surface area (Å²) in [6, 6.07) is 18.9. The number of hydrogen-bond donors (Lipinski definition) is 2. The van der Waals surface area contributed by atoms with Crippen LogP contribution >= 0.6 is 0 Å². The molecule has 0 saturated carbocycles. The van der Waals surface area contributed by atoms with E-state index in [1.54, 1.807) is 0 Å². The van der Waals surface area contributed by atoms with E-state index in [2.05, 4.69) is 61.4 Å². The van der Waals surface area contributed by atoms with Crippen LogP contribution in [-0.4, -0.2) is 34.9 Å². The van der Waals surface area contributed by atoms with Crippen LogP contribution < -0.4 is 5.32 Å². The zero-order valence-corrected chi connectivity index (χ0v) is 16.3. The predicted molar refractivity (Wildman–Crippen MR) is 111 cm³/mol. The van der Waals surface area contributed by atoms with Crippen molar-refractivity contribution in [3.8, 4) is 0 Å². The third-order valence-corrected chi connectivity index (χ3v) is 5.34. The van der Waals surface area contributed by atoms with Crippen molar-refractivity contribution < 1.29 is 4.79 Å². The van der Waals surface area contributed by atoms with E-state index in [9.17, 15) is 4.79 Å². The number of H-pyrrole nitrogens is 1. The van der Waals surface area contributed by atoms with Crippen LogP contribution in [0.25, 0.3) is 10.9 Å². The average molecular weight is 361 g/mol. The highest BCUT2D eigenvalue weighted by Crippen LogP contribution is 2.27. The standard InChI is InChI=1S/C23H27N3O/c1-23(2,3)17-10-9-16-13-21(25-20(16)14-17)22(27)26-12-11-19(15-26)24-18-7-5-4-6-8-18/h4-10,13-14,19,24-25H,11-12,15H2,1-3H3. The molecule has 2 aromatic carbocycles. The molecule has 1 saturated heterocycles. The minimum atomic E-state index is 0.0841. The number of aromatic amines is 1. The van der Waals surface area contributed by atoms with Crippen LogP contribution in [-0.2, 0) is 5.41 Å². The Morgan fingerprint density at radius 1 is 1.11 bits per heavy atom. The Kier molecular flexibility index (Phi) is 4.42. The van der Waals surface area contributed by atoms with Crippen LogP contribution in [0.15, 0.2) is 54.6 Å². The second kappa shape index (κ2) is 6.76. The van der Waals surface area contributed by atoms with Gasteiger partial charge in [-0.15, -0.1) is 0 Å². The fourth-order valence-electron chi connectivity index (χ4n) is 3.71. The topological polar surface area (TPSA) is 48.1 Å². The lowest BCUT2D eigenvalue weighted by atomic mass is 9.87. The van der Waals surface area contributed by atoms with Crippen molar-refractivity contribution >= 4 is 22.5 Å². The first-order valence-electron chi connectivity index (χ1n) is 9.64. The molecule has 2 N–H and O–H groups in total. The fourth-order valence-corrected chi connectivity index (χ4v) is 3.71. The zero-order valence-electron chi connectivity index (χ0n) is 16.3. The normalized spacial score (nSPS) is 17.4. The van der Waals surface area contributed by atoms with E-state index < -0.39 is 0 Å². The van der Waals surface area contributed by atoms with Crippen LogP contribution in [0.2, 0.25) is 0 Å². The monoisotopic (exact) mass is 361 g/mol. The van der Waals surface area contributed by atoms with Gasteiger partial charge in [-0.3, -0.25) is 4.79 Å². The highest BCUT2D eigenvalue weighted by molar-refractivity contribution is 5.98. The number of para-hydroxylation sites is 1. The van der Waals surface area contributed by atoms with Crippen LogP contribution in [0.3, 0.4) is 0 Å². The van der Waals surface area contributed by atoms with Gasteiger partial charge in [0.1, 0.15) is 5.69 Å². The number of fused-ring (bicyclic) bond motifs is 1. The summed E-state index contributed by atoms with van der Waals surface area (Å²) in [6.07, 6.45) is 0.967. The molecule has 27 heavy (non-hydrogen) atoms. The molecule has 1 aliphatic rings. The lowest BCUT2D eigenvalue weighted by Gasteiger charge is -2.18. The summed E-state index contributed by atoms with van der Waals surface area (Å²) >= 11 is 0. The van der Waals surface area contributed by atoms with Gasteiger partial charge in [-0.1, -0.05) is 51.1 Å². The largest absolute Gasteiger partial charge is 0.380 e. The Bertz CT molecular complexity index is 953. The Morgan fingerprint density at radius 2 is 1.89 bits per heavy atom. The maximum Gasteiger partial charge on any atom is 0.270 e. The molecule has 2 heterocycles. The van der Waals surface area contributed by atoms with Crippen molar-refractivity contribution in [2.24, 2.45) is 0 Å². The molecule has 0 aliphatic carbocycles. The first-order valence-corrected chi connectivity index (χ1v) is 9.64. The van der Waals surface area contributed by atoms with Crippen molar-refractivity contribution in [1.82, 2.24) is 9.88 Å². The van der Waals surface area contributed by atoms with Crippen molar-refractivity contribution in [3.05, 3.63) is 65.9 Å². The molecule has 1 amide bonds. The summed E-state index contributed by atoms with van der Waals surface area (Å²) in [7, 11) is 0. The third kappa shape index (κ3) is 3.70. The number of rotatable bonds is 3. The van der Waals surface area contributed by atoms with Gasteiger partial charge in [-0.2, -0.15) is 0 Å². The van der Waals surface area contributed by atoms with Gasteiger partial charge in [-0.25, -0.2) is 0 Å². The molecule has 1 unspecified atom stereocenters. The first-order chi connectivity index (χ1) is 12.9. The van der Waals surface area contributed by atoms with Gasteiger partial charge in [0.05, 0.1) is 0 Å². The van der Waals surface area contributed by atoms with E-state index >= 15 is 0 Å². The molecule has 4 heteroatoms. The third-order valence-electron chi connectivity index (χ3n) is 5.34. The van der Waals surface area contributed by atoms with E-state index in [0.717, 1.165) is 36.1 Å². The quantitative estimate of drug-likeness (QED) is 0.704. The van der Waals surface area contributed by atoms with Crippen LogP contribution in [0.4, 0.5) is 5.69 Å². The van der Waals surface area contributed by atoms with E-state index in [4.69, 9.17) is 0 Å². The second-order valence-corrected chi connectivity index (χ2v) is 8.48. The smallest absolute Gasteiger partial charge is 0.270 e. The highest BCUT2D eigenvalue weighted by atomic mass is 16.2. The SMILES string of the molecule is CC(C)(C)c1ccc2cc(C(=O)N3CCC(Nc4ccccc4)C3)[nH]c2c1. The lowest BCUT2D eigenvalue weighted by Crippen LogP contribution is -2.31. The molecular formula is C23H27N3O. The minimum Gasteiger partial charge on any atom is -0.380 e. The summed E-state index contributed by atoms with van der Waals surface area (Å²) < 4.78 is 0. The summed E-state index contributed by atoms with van der Waals surface area (Å²) in [5, 5.41) is 4.61. The van der Waals surface area contributed by atoms with Gasteiger partial charge in [0.15, 0.2) is 0 Å². The van der Waals surface area contributed by atoms with Crippen LogP contribution in [0, 0.1) is 0 Å². The van der Waals surface area contributed by atoms with Gasteiger partial charge >= 0.3 is 0 Å². The molecule has 1 fully saturated rings. The number of nitrogens with one attached hydrogen (secondary N) is 2. The van der Waals surface area contributed by atoms with Crippen molar-refractivity contribution in [1.29, 1.82) is 0 Å². The zero-order chi connectivity index (χ0) is 19.0. The molecular weight excluding hydrogens is 334 g/mol. The highest BCUT2D eigenvalue weighted by Gasteiger charge is 2.28. The van der Waals surface area contributed by atoms with Gasteiger partial charge in [0, 0.05) is 35.7 Å². The molecule has 0 spiro atoms. The number of likely N-dealkylation sites (tertiary alicyclic amines) is 1. The Morgan fingerprint density at radius 3 is 2.63 bits per heavy atom. The predicted octanol–water partition coefficient (Wildman–Crippen LogP) is 4.79. The van der Waals surface area contributed by atoms with Crippen LogP contribution in [0.1, 0.15) is 43.2 Å². The molecule has 140 valence electrons. The summed E-state index contributed by atoms with van der Waals surface area (Å²) in [6.45, 7) is 8.12. The summed E-state index contributed by atoms with van der Waals surface area (Å²) in [5.41, 5.74) is 4.18. The summed E-state index contributed by atoms with van der Waals surface area (Å²) in [4.78, 5) is 18.2. The lowest BCUT2D eigenvalue weighted by molar-refractivity contribution is 0.0787. The molecule has 0 bridgehead atoms. The number of amides is 1. The van der Waals surface area contributed by atoms with Crippen molar-refractivity contribution in [3.63, 3.8) is 0 Å². The first kappa shape index (κ1) is 17.7. The number of hydrogen-bond acceptors (Lipinski definition) is 2. The van der Waals surface area contributed by atoms with E-state index in [-0.39, 0.29) is 11.3 Å². The summed E-state index contributed by atoms with van der Waals surface area (Å²) in [5.74, 6) is 0.0841. The van der Waals surface area contributed by atoms with Gasteiger partial charge in [0.25, 0.3) is 5.91 Å². The molecule has 0 radical (unpaired) electrons. The van der Waals surface area contributed by atoms with Gasteiger partial charge < -0.3 is 15.2 Å². The fraction of sp³-hybridized carbons (Fsp3) is 0.348. The molecule has 1 aliphatic heterocycles. The number of anilines is 1. The Balaban J connectivity index is 1.48. The molecule has 1 atom stereocenters. The van der Waals surface area contributed by atoms with Crippen molar-refractivity contribution in [2.75, 3.05) is 18.4 Å². The number of aromatic nitrogens is 1. The maximum atomic E-state index is 13.0. The molecule has 3 aromatic rings. The number of nitrogens with zero attached hydrogens (tertiary/aromatic N) is 1. The Hall–Kier alpha value is -2.75. The van der Waals surface area contributed by atoms with E-state index in [1.165, 1.54) is 5.56 Å². The maximum absolute atomic E-state index is 13.0. The molecule has 1 aromatic heterocycles. The van der Waals surface area contributed by atoms with Crippen molar-refractivity contribution in [2.45, 2.75) is 38.6 Å². The van der Waals surface area contributed by atoms with Crippen LogP contribution in [0.5, 0.6) is 0 Å². The molecule has 4 rings (SSSR count). The number of carbonyl (C=O) groups excluding carboxylic acids is 1. The molecule has 4 nitrogen and oxygen atoms in total. The second-order valence-electron chi connectivity index (χ2n) is 8.48. The van der Waals surface area contributed by atoms with E-state index in [1.807, 2.05) is 29.2 Å². The van der Waals surface area contributed by atoms with Gasteiger partial charge in [0.2, 0.25) is 0 Å². The Labute approximate surface area is 160 Å². The number of carbonyl (C=O) groups is 1.